The molecule has 150 valence electrons. The van der Waals surface area contributed by atoms with Gasteiger partial charge in [-0.15, -0.1) is 0 Å². The van der Waals surface area contributed by atoms with Crippen molar-refractivity contribution in [3.8, 4) is 5.69 Å². The lowest BCUT2D eigenvalue weighted by Gasteiger charge is -2.07. The van der Waals surface area contributed by atoms with Gasteiger partial charge in [0.2, 0.25) is 0 Å². The van der Waals surface area contributed by atoms with Crippen LogP contribution in [0.15, 0.2) is 60.8 Å². The van der Waals surface area contributed by atoms with Crippen molar-refractivity contribution in [2.24, 2.45) is 0 Å². The number of halogens is 4. The predicted octanol–water partition coefficient (Wildman–Crippen LogP) is 6.14. The lowest BCUT2D eigenvalue weighted by molar-refractivity contribution is 0.0696. The molecule has 4 aromatic rings. The number of aromatic carboxylic acids is 1. The fourth-order valence-electron chi connectivity index (χ4n) is 3.30. The molecule has 0 spiro atoms. The Morgan fingerprint density at radius 3 is 2.20 bits per heavy atom. The van der Waals surface area contributed by atoms with Crippen LogP contribution >= 0.6 is 23.2 Å². The molecule has 4 nitrogen and oxygen atoms in total. The molecule has 30 heavy (non-hydrogen) atoms. The molecule has 3 aromatic carbocycles. The van der Waals surface area contributed by atoms with Crippen LogP contribution in [-0.4, -0.2) is 21.4 Å². The number of carbonyl (C=O) groups is 2. The fourth-order valence-corrected chi connectivity index (χ4v) is 3.87. The Bertz CT molecular complexity index is 1330. The second-order valence-electron chi connectivity index (χ2n) is 6.44. The van der Waals surface area contributed by atoms with Gasteiger partial charge in [-0.1, -0.05) is 35.3 Å². The van der Waals surface area contributed by atoms with Crippen molar-refractivity contribution in [1.82, 2.24) is 4.57 Å². The molecule has 1 N–H and O–H groups in total. The van der Waals surface area contributed by atoms with Crippen LogP contribution in [0.2, 0.25) is 10.0 Å². The average molecular weight is 446 g/mol. The topological polar surface area (TPSA) is 59.3 Å². The highest BCUT2D eigenvalue weighted by Gasteiger charge is 2.24. The van der Waals surface area contributed by atoms with Crippen molar-refractivity contribution in [3.63, 3.8) is 0 Å². The summed E-state index contributed by atoms with van der Waals surface area (Å²) in [6.45, 7) is 0. The molecular formula is C22H11Cl2F2NO3. The van der Waals surface area contributed by atoms with Gasteiger partial charge in [-0.25, -0.2) is 13.6 Å². The first-order chi connectivity index (χ1) is 14.3. The van der Waals surface area contributed by atoms with Crippen LogP contribution in [0.4, 0.5) is 8.78 Å². The van der Waals surface area contributed by atoms with Crippen molar-refractivity contribution >= 4 is 45.9 Å². The maximum atomic E-state index is 14.7. The first-order valence-corrected chi connectivity index (χ1v) is 9.36. The molecule has 0 radical (unpaired) electrons. The number of carboxylic acids is 1. The Hall–Kier alpha value is -3.22. The molecule has 0 unspecified atom stereocenters. The predicted molar refractivity (Wildman–Crippen MR) is 110 cm³/mol. The number of benzene rings is 3. The maximum Gasteiger partial charge on any atom is 0.335 e. The molecular weight excluding hydrogens is 435 g/mol. The van der Waals surface area contributed by atoms with Crippen molar-refractivity contribution in [2.75, 3.05) is 0 Å². The number of nitrogens with zero attached hydrogens (tertiary/aromatic N) is 1. The SMILES string of the molecule is O=C(O)c1ccc(-n2cc(C(=O)c3c(Cl)cccc3Cl)c3c(F)cccc32)c(F)c1. The van der Waals surface area contributed by atoms with Crippen molar-refractivity contribution in [2.45, 2.75) is 0 Å². The van der Waals surface area contributed by atoms with E-state index in [-0.39, 0.29) is 43.3 Å². The van der Waals surface area contributed by atoms with E-state index < -0.39 is 23.4 Å². The minimum Gasteiger partial charge on any atom is -0.478 e. The van der Waals surface area contributed by atoms with Gasteiger partial charge >= 0.3 is 5.97 Å². The van der Waals surface area contributed by atoms with Gasteiger partial charge in [-0.3, -0.25) is 4.79 Å². The minimum atomic E-state index is -1.28. The van der Waals surface area contributed by atoms with E-state index in [0.717, 1.165) is 6.07 Å². The molecule has 1 heterocycles. The fraction of sp³-hybridized carbons (Fsp3) is 0. The molecule has 0 bridgehead atoms. The monoisotopic (exact) mass is 445 g/mol. The van der Waals surface area contributed by atoms with Crippen molar-refractivity contribution in [1.29, 1.82) is 0 Å². The normalized spacial score (nSPS) is 11.1. The summed E-state index contributed by atoms with van der Waals surface area (Å²) >= 11 is 12.3. The molecule has 0 aliphatic heterocycles. The van der Waals surface area contributed by atoms with Crippen LogP contribution in [0.1, 0.15) is 26.3 Å². The van der Waals surface area contributed by atoms with E-state index in [9.17, 15) is 18.4 Å². The lowest BCUT2D eigenvalue weighted by atomic mass is 10.0. The highest BCUT2D eigenvalue weighted by molar-refractivity contribution is 6.41. The van der Waals surface area contributed by atoms with Gasteiger partial charge < -0.3 is 9.67 Å². The Balaban J connectivity index is 1.98. The van der Waals surface area contributed by atoms with Crippen molar-refractivity contribution < 1.29 is 23.5 Å². The van der Waals surface area contributed by atoms with Crippen LogP contribution in [0.25, 0.3) is 16.6 Å². The summed E-state index contributed by atoms with van der Waals surface area (Å²) in [5.74, 6) is -3.43. The lowest BCUT2D eigenvalue weighted by Crippen LogP contribution is -2.04. The van der Waals surface area contributed by atoms with Crippen LogP contribution < -0.4 is 0 Å². The molecule has 4 rings (SSSR count). The molecule has 0 aliphatic carbocycles. The van der Waals surface area contributed by atoms with E-state index in [1.165, 1.54) is 53.2 Å². The smallest absolute Gasteiger partial charge is 0.335 e. The molecule has 0 saturated carbocycles. The number of rotatable bonds is 4. The zero-order valence-corrected chi connectivity index (χ0v) is 16.5. The summed E-state index contributed by atoms with van der Waals surface area (Å²) in [5.41, 5.74) is -0.105. The Labute approximate surface area is 178 Å². The third-order valence-corrected chi connectivity index (χ3v) is 5.30. The Morgan fingerprint density at radius 1 is 0.900 bits per heavy atom. The number of carboxylic acid groups (broad SMARTS) is 1. The number of ketones is 1. The van der Waals surface area contributed by atoms with E-state index in [0.29, 0.717) is 0 Å². The van der Waals surface area contributed by atoms with Crippen LogP contribution in [-0.2, 0) is 0 Å². The Kier molecular flexibility index (Phi) is 5.05. The highest BCUT2D eigenvalue weighted by Crippen LogP contribution is 2.33. The average Bonchev–Trinajstić information content (AvgIpc) is 3.08. The molecule has 8 heteroatoms. The number of aromatic nitrogens is 1. The zero-order valence-electron chi connectivity index (χ0n) is 15.0. The van der Waals surface area contributed by atoms with E-state index in [4.69, 9.17) is 28.3 Å². The molecule has 0 aliphatic rings. The molecule has 0 atom stereocenters. The van der Waals surface area contributed by atoms with Gasteiger partial charge in [-0.05, 0) is 42.5 Å². The number of hydrogen-bond acceptors (Lipinski definition) is 2. The number of fused-ring (bicyclic) bond motifs is 1. The largest absolute Gasteiger partial charge is 0.478 e. The summed E-state index contributed by atoms with van der Waals surface area (Å²) in [4.78, 5) is 24.3. The highest BCUT2D eigenvalue weighted by atomic mass is 35.5. The molecule has 0 amide bonds. The van der Waals surface area contributed by atoms with Gasteiger partial charge in [0.05, 0.1) is 37.9 Å². The summed E-state index contributed by atoms with van der Waals surface area (Å²) < 4.78 is 30.7. The zero-order chi connectivity index (χ0) is 21.6. The summed E-state index contributed by atoms with van der Waals surface area (Å²) in [7, 11) is 0. The van der Waals surface area contributed by atoms with Gasteiger partial charge in [0, 0.05) is 11.6 Å². The summed E-state index contributed by atoms with van der Waals surface area (Å²) in [6, 6.07) is 12.0. The standard InChI is InChI=1S/C22H11Cl2F2NO3/c23-13-3-1-4-14(24)20(13)21(28)12-10-27(18-6-2-5-15(25)19(12)18)17-8-7-11(22(29)30)9-16(17)26/h1-10H,(H,29,30). The summed E-state index contributed by atoms with van der Waals surface area (Å²) in [6.07, 6.45) is 1.29. The van der Waals surface area contributed by atoms with Gasteiger partial charge in [0.1, 0.15) is 11.6 Å². The third kappa shape index (κ3) is 3.24. The maximum absolute atomic E-state index is 14.7. The second kappa shape index (κ2) is 7.55. The molecule has 0 saturated heterocycles. The second-order valence-corrected chi connectivity index (χ2v) is 7.26. The van der Waals surface area contributed by atoms with E-state index >= 15 is 0 Å². The van der Waals surface area contributed by atoms with Crippen LogP contribution in [0, 0.1) is 11.6 Å². The number of hydrogen-bond donors (Lipinski definition) is 1. The van der Waals surface area contributed by atoms with Crippen LogP contribution in [0.3, 0.4) is 0 Å². The van der Waals surface area contributed by atoms with Crippen molar-refractivity contribution in [3.05, 3.63) is 99.2 Å². The summed E-state index contributed by atoms with van der Waals surface area (Å²) in [5, 5.41) is 9.21. The van der Waals surface area contributed by atoms with E-state index in [1.54, 1.807) is 6.07 Å². The van der Waals surface area contributed by atoms with E-state index in [1.807, 2.05) is 0 Å². The van der Waals surface area contributed by atoms with Crippen LogP contribution in [0.5, 0.6) is 0 Å². The van der Waals surface area contributed by atoms with Gasteiger partial charge in [0.25, 0.3) is 0 Å². The van der Waals surface area contributed by atoms with Gasteiger partial charge in [-0.2, -0.15) is 0 Å². The number of carbonyl (C=O) groups excluding carboxylic acids is 1. The van der Waals surface area contributed by atoms with Gasteiger partial charge in [0.15, 0.2) is 5.78 Å². The first kappa shape index (κ1) is 20.1. The molecule has 0 fully saturated rings. The Morgan fingerprint density at radius 2 is 1.57 bits per heavy atom. The quantitative estimate of drug-likeness (QED) is 0.383. The molecule has 1 aromatic heterocycles. The third-order valence-electron chi connectivity index (χ3n) is 4.67. The van der Waals surface area contributed by atoms with E-state index in [2.05, 4.69) is 0 Å². The first-order valence-electron chi connectivity index (χ1n) is 8.61. The minimum absolute atomic E-state index is 0.00448.